The highest BCUT2D eigenvalue weighted by Crippen LogP contribution is 2.26. The van der Waals surface area contributed by atoms with Gasteiger partial charge in [-0.3, -0.25) is 0 Å². The van der Waals surface area contributed by atoms with E-state index in [1.807, 2.05) is 30.1 Å². The molecule has 17 heavy (non-hydrogen) atoms. The molecule has 0 spiro atoms. The molecule has 86 valence electrons. The highest BCUT2D eigenvalue weighted by molar-refractivity contribution is 6.34. The lowest BCUT2D eigenvalue weighted by Crippen LogP contribution is -2.18. The van der Waals surface area contributed by atoms with Crippen LogP contribution in [0.1, 0.15) is 11.3 Å². The van der Waals surface area contributed by atoms with E-state index in [1.165, 1.54) is 0 Å². The molecular formula is C12H10ClN3O. The lowest BCUT2D eigenvalue weighted by atomic mass is 10.2. The molecule has 0 atom stereocenters. The first-order chi connectivity index (χ1) is 8.22. The zero-order chi connectivity index (χ0) is 12.3. The number of pyridine rings is 1. The number of furan rings is 1. The van der Waals surface area contributed by atoms with Crippen molar-refractivity contribution in [3.63, 3.8) is 0 Å². The molecule has 0 aliphatic heterocycles. The molecule has 2 heterocycles. The quantitative estimate of drug-likeness (QED) is 0.837. The molecule has 0 amide bonds. The van der Waals surface area contributed by atoms with Gasteiger partial charge in [0.25, 0.3) is 0 Å². The maximum absolute atomic E-state index is 8.88. The second kappa shape index (κ2) is 4.89. The fraction of sp³-hybridized carbons (Fsp3) is 0.167. The van der Waals surface area contributed by atoms with Gasteiger partial charge in [0.2, 0.25) is 0 Å². The Kier molecular flexibility index (Phi) is 3.31. The molecule has 0 aromatic carbocycles. The summed E-state index contributed by atoms with van der Waals surface area (Å²) in [5, 5.41) is 9.25. The number of nitriles is 1. The van der Waals surface area contributed by atoms with E-state index in [4.69, 9.17) is 21.3 Å². The maximum Gasteiger partial charge on any atom is 0.148 e. The smallest absolute Gasteiger partial charge is 0.148 e. The van der Waals surface area contributed by atoms with Gasteiger partial charge < -0.3 is 9.32 Å². The third-order valence-corrected chi connectivity index (χ3v) is 2.70. The minimum absolute atomic E-state index is 0.365. The zero-order valence-electron chi connectivity index (χ0n) is 9.22. The highest BCUT2D eigenvalue weighted by atomic mass is 35.5. The van der Waals surface area contributed by atoms with Gasteiger partial charge in [0.15, 0.2) is 0 Å². The summed E-state index contributed by atoms with van der Waals surface area (Å²) in [5.74, 6) is 1.38. The van der Waals surface area contributed by atoms with Crippen LogP contribution in [-0.4, -0.2) is 12.0 Å². The number of hydrogen-bond acceptors (Lipinski definition) is 4. The zero-order valence-corrected chi connectivity index (χ0v) is 9.98. The Morgan fingerprint density at radius 3 is 3.00 bits per heavy atom. The van der Waals surface area contributed by atoms with Crippen molar-refractivity contribution < 1.29 is 4.42 Å². The molecule has 0 unspecified atom stereocenters. The molecule has 0 aliphatic carbocycles. The van der Waals surface area contributed by atoms with Gasteiger partial charge in [-0.2, -0.15) is 5.26 Å². The molecule has 0 saturated carbocycles. The Morgan fingerprint density at radius 2 is 2.35 bits per heavy atom. The van der Waals surface area contributed by atoms with Crippen LogP contribution in [0.4, 0.5) is 5.82 Å². The van der Waals surface area contributed by atoms with Crippen LogP contribution in [0.5, 0.6) is 0 Å². The molecule has 0 fully saturated rings. The van der Waals surface area contributed by atoms with E-state index in [0.717, 1.165) is 5.76 Å². The monoisotopic (exact) mass is 247 g/mol. The molecule has 0 saturated heterocycles. The Morgan fingerprint density at radius 1 is 1.53 bits per heavy atom. The average molecular weight is 248 g/mol. The molecule has 4 nitrogen and oxygen atoms in total. The van der Waals surface area contributed by atoms with E-state index < -0.39 is 0 Å². The number of aromatic nitrogens is 1. The summed E-state index contributed by atoms with van der Waals surface area (Å²) in [6.07, 6.45) is 3.18. The van der Waals surface area contributed by atoms with Crippen molar-refractivity contribution in [1.82, 2.24) is 4.98 Å². The van der Waals surface area contributed by atoms with E-state index in [9.17, 15) is 0 Å². The van der Waals surface area contributed by atoms with Gasteiger partial charge >= 0.3 is 0 Å². The van der Waals surface area contributed by atoms with Crippen LogP contribution in [0.2, 0.25) is 5.02 Å². The highest BCUT2D eigenvalue weighted by Gasteiger charge is 2.12. The van der Waals surface area contributed by atoms with E-state index in [-0.39, 0.29) is 0 Å². The van der Waals surface area contributed by atoms with E-state index >= 15 is 0 Å². The van der Waals surface area contributed by atoms with Crippen molar-refractivity contribution in [2.75, 3.05) is 11.9 Å². The third-order valence-electron chi connectivity index (χ3n) is 2.33. The molecule has 0 aliphatic rings. The Balaban J connectivity index is 2.25. The average Bonchev–Trinajstić information content (AvgIpc) is 2.82. The Hall–Kier alpha value is -1.99. The molecule has 0 N–H and O–H groups in total. The van der Waals surface area contributed by atoms with Crippen LogP contribution in [0.3, 0.4) is 0 Å². The largest absolute Gasteiger partial charge is 0.467 e. The topological polar surface area (TPSA) is 53.1 Å². The van der Waals surface area contributed by atoms with Gasteiger partial charge in [-0.15, -0.1) is 0 Å². The summed E-state index contributed by atoms with van der Waals surface area (Å²) < 4.78 is 5.24. The fourth-order valence-electron chi connectivity index (χ4n) is 1.50. The molecule has 2 aromatic rings. The van der Waals surface area contributed by atoms with Crippen molar-refractivity contribution >= 4 is 17.4 Å². The molecule has 5 heteroatoms. The number of halogens is 1. The van der Waals surface area contributed by atoms with Crippen molar-refractivity contribution in [2.45, 2.75) is 6.54 Å². The standard InChI is InChI=1S/C12H10ClN3O/c1-16(8-10-3-2-6-17-10)12-11(13)9(7-14)4-5-15-12/h2-6H,8H2,1H3. The van der Waals surface area contributed by atoms with E-state index in [1.54, 1.807) is 18.5 Å². The first kappa shape index (κ1) is 11.5. The van der Waals surface area contributed by atoms with Crippen LogP contribution in [-0.2, 0) is 6.54 Å². The van der Waals surface area contributed by atoms with Crippen molar-refractivity contribution in [2.24, 2.45) is 0 Å². The Bertz CT molecular complexity index is 545. The van der Waals surface area contributed by atoms with Gasteiger partial charge in [0.1, 0.15) is 22.7 Å². The molecule has 2 rings (SSSR count). The third kappa shape index (κ3) is 2.40. The summed E-state index contributed by atoms with van der Waals surface area (Å²) in [6.45, 7) is 0.550. The maximum atomic E-state index is 8.88. The molecule has 2 aromatic heterocycles. The summed E-state index contributed by atoms with van der Waals surface area (Å²) in [4.78, 5) is 6.00. The van der Waals surface area contributed by atoms with Gasteiger partial charge in [0, 0.05) is 13.2 Å². The van der Waals surface area contributed by atoms with Gasteiger partial charge in [0.05, 0.1) is 18.4 Å². The second-order valence-corrected chi connectivity index (χ2v) is 3.92. The SMILES string of the molecule is CN(Cc1ccco1)c1nccc(C#N)c1Cl. The minimum atomic E-state index is 0.365. The molecular weight excluding hydrogens is 238 g/mol. The van der Waals surface area contributed by atoms with Crippen molar-refractivity contribution in [3.05, 3.63) is 47.0 Å². The van der Waals surface area contributed by atoms with Gasteiger partial charge in [-0.1, -0.05) is 11.6 Å². The summed E-state index contributed by atoms with van der Waals surface area (Å²) >= 11 is 6.09. The lowest BCUT2D eigenvalue weighted by Gasteiger charge is -2.18. The van der Waals surface area contributed by atoms with Crippen LogP contribution in [0.25, 0.3) is 0 Å². The van der Waals surface area contributed by atoms with Crippen molar-refractivity contribution in [1.29, 1.82) is 5.26 Å². The van der Waals surface area contributed by atoms with Gasteiger partial charge in [-0.25, -0.2) is 4.98 Å². The van der Waals surface area contributed by atoms with Crippen LogP contribution in [0, 0.1) is 11.3 Å². The number of rotatable bonds is 3. The van der Waals surface area contributed by atoms with Crippen molar-refractivity contribution in [3.8, 4) is 6.07 Å². The van der Waals surface area contributed by atoms with E-state index in [2.05, 4.69) is 4.98 Å². The first-order valence-corrected chi connectivity index (χ1v) is 5.38. The Labute approximate surface area is 104 Å². The number of nitrogens with zero attached hydrogens (tertiary/aromatic N) is 3. The van der Waals surface area contributed by atoms with Crippen LogP contribution >= 0.6 is 11.6 Å². The van der Waals surface area contributed by atoms with Gasteiger partial charge in [-0.05, 0) is 18.2 Å². The number of hydrogen-bond donors (Lipinski definition) is 0. The van der Waals surface area contributed by atoms with Crippen LogP contribution in [0.15, 0.2) is 35.1 Å². The summed E-state index contributed by atoms with van der Waals surface area (Å²) in [7, 11) is 1.85. The summed E-state index contributed by atoms with van der Waals surface area (Å²) in [5.41, 5.74) is 0.419. The lowest BCUT2D eigenvalue weighted by molar-refractivity contribution is 0.507. The molecule has 0 bridgehead atoms. The fourth-order valence-corrected chi connectivity index (χ4v) is 1.79. The summed E-state index contributed by atoms with van der Waals surface area (Å²) in [6, 6.07) is 7.31. The normalized spacial score (nSPS) is 9.94. The minimum Gasteiger partial charge on any atom is -0.467 e. The molecule has 0 radical (unpaired) electrons. The first-order valence-electron chi connectivity index (χ1n) is 5.00. The van der Waals surface area contributed by atoms with E-state index in [0.29, 0.717) is 22.9 Å². The predicted octanol–water partition coefficient (Wildman–Crippen LogP) is 2.84. The number of anilines is 1. The predicted molar refractivity (Wildman–Crippen MR) is 64.8 cm³/mol. The van der Waals surface area contributed by atoms with Crippen LogP contribution < -0.4 is 4.90 Å². The second-order valence-electron chi connectivity index (χ2n) is 3.54.